The predicted octanol–water partition coefficient (Wildman–Crippen LogP) is 6.17. The molecule has 8 heteroatoms. The first-order chi connectivity index (χ1) is 15.2. The molecule has 5 rings (SSSR count). The van der Waals surface area contributed by atoms with Gasteiger partial charge >= 0.3 is 0 Å². The van der Waals surface area contributed by atoms with E-state index in [0.29, 0.717) is 34.0 Å². The maximum atomic E-state index is 13.9. The SMILES string of the molecule is Clc1ccccc1.N[C@]1(c2ccc(F)c(F)c2)C(=S)CC[C@]12C(=O)Nc1cc(Cl)ccc12. The summed E-state index contributed by atoms with van der Waals surface area (Å²) < 4.78 is 27.3. The fourth-order valence-electron chi connectivity index (χ4n) is 4.48. The van der Waals surface area contributed by atoms with Gasteiger partial charge in [0.1, 0.15) is 5.41 Å². The lowest BCUT2D eigenvalue weighted by Gasteiger charge is -2.39. The first kappa shape index (κ1) is 22.8. The van der Waals surface area contributed by atoms with Gasteiger partial charge in [-0.2, -0.15) is 0 Å². The largest absolute Gasteiger partial charge is 0.325 e. The van der Waals surface area contributed by atoms with Gasteiger partial charge in [0.2, 0.25) is 5.91 Å². The van der Waals surface area contributed by atoms with Gasteiger partial charge in [0, 0.05) is 20.6 Å². The molecule has 1 aliphatic heterocycles. The Morgan fingerprint density at radius 2 is 1.66 bits per heavy atom. The van der Waals surface area contributed by atoms with E-state index in [0.717, 1.165) is 17.2 Å². The maximum absolute atomic E-state index is 13.9. The number of hydrogen-bond acceptors (Lipinski definition) is 3. The van der Waals surface area contributed by atoms with Gasteiger partial charge in [-0.1, -0.05) is 65.8 Å². The van der Waals surface area contributed by atoms with Gasteiger partial charge in [-0.15, -0.1) is 0 Å². The van der Waals surface area contributed by atoms with Gasteiger partial charge in [-0.3, -0.25) is 4.79 Å². The Balaban J connectivity index is 0.000000300. The molecule has 164 valence electrons. The molecule has 1 amide bonds. The molecule has 1 heterocycles. The first-order valence-corrected chi connectivity index (χ1v) is 11.0. The van der Waals surface area contributed by atoms with E-state index in [1.54, 1.807) is 18.2 Å². The maximum Gasteiger partial charge on any atom is 0.237 e. The predicted molar refractivity (Wildman–Crippen MR) is 127 cm³/mol. The van der Waals surface area contributed by atoms with Crippen LogP contribution in [-0.2, 0) is 15.7 Å². The monoisotopic (exact) mass is 490 g/mol. The Hall–Kier alpha value is -2.38. The molecule has 0 radical (unpaired) electrons. The molecule has 2 aliphatic rings. The molecule has 0 bridgehead atoms. The van der Waals surface area contributed by atoms with E-state index in [2.05, 4.69) is 5.32 Å². The van der Waals surface area contributed by atoms with Crippen molar-refractivity contribution in [2.24, 2.45) is 5.73 Å². The summed E-state index contributed by atoms with van der Waals surface area (Å²) >= 11 is 17.0. The number of fused-ring (bicyclic) bond motifs is 2. The molecule has 1 saturated carbocycles. The van der Waals surface area contributed by atoms with Crippen molar-refractivity contribution in [1.29, 1.82) is 0 Å². The van der Waals surface area contributed by atoms with E-state index in [1.165, 1.54) is 6.07 Å². The zero-order chi connectivity index (χ0) is 23.1. The van der Waals surface area contributed by atoms with Crippen LogP contribution >= 0.6 is 35.4 Å². The lowest BCUT2D eigenvalue weighted by Crippen LogP contribution is -2.58. The van der Waals surface area contributed by atoms with E-state index < -0.39 is 22.6 Å². The molecule has 3 aromatic rings. The van der Waals surface area contributed by atoms with E-state index in [4.69, 9.17) is 41.2 Å². The number of amides is 1. The molecule has 0 saturated heterocycles. The third-order valence-electron chi connectivity index (χ3n) is 6.03. The third kappa shape index (κ3) is 3.52. The van der Waals surface area contributed by atoms with Crippen molar-refractivity contribution in [3.05, 3.63) is 99.5 Å². The smallest absolute Gasteiger partial charge is 0.237 e. The fourth-order valence-corrected chi connectivity index (χ4v) is 5.19. The second-order valence-corrected chi connectivity index (χ2v) is 9.07. The van der Waals surface area contributed by atoms with E-state index >= 15 is 0 Å². The minimum absolute atomic E-state index is 0.284. The lowest BCUT2D eigenvalue weighted by molar-refractivity contribution is -0.122. The summed E-state index contributed by atoms with van der Waals surface area (Å²) in [6, 6.07) is 17.9. The van der Waals surface area contributed by atoms with Crippen LogP contribution < -0.4 is 11.1 Å². The molecule has 3 nitrogen and oxygen atoms in total. The molecular formula is C24H18Cl2F2N2OS. The van der Waals surface area contributed by atoms with Crippen molar-refractivity contribution in [2.45, 2.75) is 23.8 Å². The Morgan fingerprint density at radius 3 is 2.28 bits per heavy atom. The molecule has 1 aliphatic carbocycles. The van der Waals surface area contributed by atoms with Crippen LogP contribution in [0.5, 0.6) is 0 Å². The highest BCUT2D eigenvalue weighted by Crippen LogP contribution is 2.56. The minimum atomic E-state index is -1.42. The molecule has 2 atom stereocenters. The first-order valence-electron chi connectivity index (χ1n) is 9.80. The van der Waals surface area contributed by atoms with Gasteiger partial charge in [-0.25, -0.2) is 8.78 Å². The number of thiocarbonyl (C=S) groups is 1. The molecule has 3 aromatic carbocycles. The average molecular weight is 491 g/mol. The summed E-state index contributed by atoms with van der Waals surface area (Å²) in [5.41, 5.74) is 5.64. The summed E-state index contributed by atoms with van der Waals surface area (Å²) in [5.74, 6) is -2.31. The van der Waals surface area contributed by atoms with Crippen molar-refractivity contribution < 1.29 is 13.6 Å². The van der Waals surface area contributed by atoms with E-state index in [1.807, 2.05) is 30.3 Å². The number of nitrogens with one attached hydrogen (secondary N) is 1. The number of halogens is 4. The summed E-state index contributed by atoms with van der Waals surface area (Å²) in [6.07, 6.45) is 0.822. The van der Waals surface area contributed by atoms with Crippen LogP contribution in [0.25, 0.3) is 0 Å². The summed E-state index contributed by atoms with van der Waals surface area (Å²) in [6.45, 7) is 0. The van der Waals surface area contributed by atoms with Crippen LogP contribution in [0.4, 0.5) is 14.5 Å². The zero-order valence-electron chi connectivity index (χ0n) is 16.7. The Kier molecular flexibility index (Phi) is 6.07. The molecular weight excluding hydrogens is 473 g/mol. The van der Waals surface area contributed by atoms with Crippen molar-refractivity contribution in [3.63, 3.8) is 0 Å². The third-order valence-corrected chi connectivity index (χ3v) is 7.04. The highest BCUT2D eigenvalue weighted by molar-refractivity contribution is 7.80. The number of benzene rings is 3. The van der Waals surface area contributed by atoms with Gasteiger partial charge in [-0.05, 0) is 60.4 Å². The zero-order valence-corrected chi connectivity index (χ0v) is 19.0. The second kappa shape index (κ2) is 8.52. The number of rotatable bonds is 1. The second-order valence-electron chi connectivity index (χ2n) is 7.71. The Labute approximate surface area is 199 Å². The molecule has 3 N–H and O–H groups in total. The van der Waals surface area contributed by atoms with Crippen molar-refractivity contribution in [2.75, 3.05) is 5.32 Å². The number of hydrogen-bond donors (Lipinski definition) is 2. The van der Waals surface area contributed by atoms with E-state index in [9.17, 15) is 13.6 Å². The standard InChI is InChI=1S/C18H13ClF2N2OS.C6H5Cl/c19-10-2-3-11-14(8-10)23-16(24)17(11)6-5-15(25)18(17,22)9-1-4-12(20)13(21)7-9;7-6-4-2-1-3-5-6/h1-4,7-8H,5-6,22H2,(H,23,24);1-5H/t17-,18+;/m0./s1. The minimum Gasteiger partial charge on any atom is -0.325 e. The van der Waals surface area contributed by atoms with Crippen molar-refractivity contribution in [3.8, 4) is 0 Å². The van der Waals surface area contributed by atoms with Gasteiger partial charge in [0.05, 0.1) is 5.54 Å². The summed E-state index contributed by atoms with van der Waals surface area (Å²) in [7, 11) is 0. The Morgan fingerprint density at radius 1 is 0.938 bits per heavy atom. The van der Waals surface area contributed by atoms with Crippen LogP contribution in [-0.4, -0.2) is 10.8 Å². The lowest BCUT2D eigenvalue weighted by atomic mass is 9.65. The molecule has 0 aromatic heterocycles. The quantitative estimate of drug-likeness (QED) is 0.401. The Bertz CT molecular complexity index is 1220. The number of carbonyl (C=O) groups excluding carboxylic acids is 1. The molecule has 32 heavy (non-hydrogen) atoms. The van der Waals surface area contributed by atoms with Gasteiger partial charge in [0.25, 0.3) is 0 Å². The van der Waals surface area contributed by atoms with Crippen LogP contribution in [0, 0.1) is 11.6 Å². The van der Waals surface area contributed by atoms with Crippen LogP contribution in [0.15, 0.2) is 66.7 Å². The highest BCUT2D eigenvalue weighted by Gasteiger charge is 2.65. The number of nitrogens with two attached hydrogens (primary N) is 1. The van der Waals surface area contributed by atoms with Crippen molar-refractivity contribution in [1.82, 2.24) is 0 Å². The average Bonchev–Trinajstić information content (AvgIpc) is 3.20. The summed E-state index contributed by atoms with van der Waals surface area (Å²) in [5, 5.41) is 4.08. The molecule has 1 spiro atoms. The highest BCUT2D eigenvalue weighted by atomic mass is 35.5. The van der Waals surface area contributed by atoms with Gasteiger partial charge < -0.3 is 11.1 Å². The molecule has 1 fully saturated rings. The number of anilines is 1. The normalized spacial score (nSPS) is 23.5. The van der Waals surface area contributed by atoms with Crippen LogP contribution in [0.2, 0.25) is 10.0 Å². The van der Waals surface area contributed by atoms with E-state index in [-0.39, 0.29) is 11.5 Å². The number of carbonyl (C=O) groups is 1. The molecule has 0 unspecified atom stereocenters. The summed E-state index contributed by atoms with van der Waals surface area (Å²) in [4.78, 5) is 13.4. The van der Waals surface area contributed by atoms with Crippen molar-refractivity contribution >= 4 is 51.9 Å². The van der Waals surface area contributed by atoms with Crippen LogP contribution in [0.1, 0.15) is 24.0 Å². The fraction of sp³-hybridized carbons (Fsp3) is 0.167. The van der Waals surface area contributed by atoms with Crippen LogP contribution in [0.3, 0.4) is 0 Å². The topological polar surface area (TPSA) is 55.1 Å². The van der Waals surface area contributed by atoms with Gasteiger partial charge in [0.15, 0.2) is 11.6 Å².